The Morgan fingerprint density at radius 3 is 2.52 bits per heavy atom. The number of amides is 1. The first-order valence-electron chi connectivity index (χ1n) is 7.79. The van der Waals surface area contributed by atoms with E-state index >= 15 is 0 Å². The van der Waals surface area contributed by atoms with E-state index in [9.17, 15) is 4.79 Å². The molecule has 4 heteroatoms. The first-order chi connectivity index (χ1) is 10.1. The molecule has 1 amide bonds. The zero-order valence-electron chi connectivity index (χ0n) is 13.1. The molecule has 0 unspecified atom stereocenters. The van der Waals surface area contributed by atoms with Gasteiger partial charge in [-0.15, -0.1) is 0 Å². The van der Waals surface area contributed by atoms with Crippen molar-refractivity contribution in [3.05, 3.63) is 28.8 Å². The predicted molar refractivity (Wildman–Crippen MR) is 90.3 cm³/mol. The molecule has 114 valence electrons. The number of hydrogen-bond acceptors (Lipinski definition) is 3. The highest BCUT2D eigenvalue weighted by Gasteiger charge is 2.35. The van der Waals surface area contributed by atoms with Crippen LogP contribution < -0.4 is 10.2 Å². The van der Waals surface area contributed by atoms with E-state index < -0.39 is 0 Å². The normalized spacial score (nSPS) is 25.9. The summed E-state index contributed by atoms with van der Waals surface area (Å²) in [6.45, 7) is 7.16. The summed E-state index contributed by atoms with van der Waals surface area (Å²) >= 11 is 1.98. The van der Waals surface area contributed by atoms with Crippen LogP contribution in [0.15, 0.2) is 12.1 Å². The summed E-state index contributed by atoms with van der Waals surface area (Å²) in [6, 6.07) is 4.87. The van der Waals surface area contributed by atoms with Crippen LogP contribution in [0.5, 0.6) is 0 Å². The fourth-order valence-electron chi connectivity index (χ4n) is 3.61. The molecular weight excluding hydrogens is 280 g/mol. The van der Waals surface area contributed by atoms with Gasteiger partial charge in [-0.1, -0.05) is 17.7 Å². The SMILES string of the molecule is Cc1cc(C)c(N2CC[C@@H](N[C@H]3CCSC3)C2=O)c(C)c1. The largest absolute Gasteiger partial charge is 0.310 e. The van der Waals surface area contributed by atoms with Crippen molar-refractivity contribution in [1.82, 2.24) is 5.32 Å². The van der Waals surface area contributed by atoms with Gasteiger partial charge in [0.15, 0.2) is 0 Å². The standard InChI is InChI=1S/C17H24N2OS/c1-11-8-12(2)16(13(3)9-11)19-6-4-15(17(19)20)18-14-5-7-21-10-14/h8-9,14-15,18H,4-7,10H2,1-3H3/t14-,15+/m0/s1. The highest BCUT2D eigenvalue weighted by atomic mass is 32.2. The number of nitrogens with one attached hydrogen (secondary N) is 1. The maximum atomic E-state index is 12.7. The molecule has 0 bridgehead atoms. The lowest BCUT2D eigenvalue weighted by molar-refractivity contribution is -0.119. The molecule has 21 heavy (non-hydrogen) atoms. The highest BCUT2D eigenvalue weighted by molar-refractivity contribution is 7.99. The number of carbonyl (C=O) groups is 1. The molecule has 2 fully saturated rings. The Hall–Kier alpha value is -1.00. The summed E-state index contributed by atoms with van der Waals surface area (Å²) in [5.74, 6) is 2.62. The second kappa shape index (κ2) is 6.01. The van der Waals surface area contributed by atoms with Crippen LogP contribution in [0.4, 0.5) is 5.69 Å². The Kier molecular flexibility index (Phi) is 4.27. The van der Waals surface area contributed by atoms with Crippen LogP contribution in [0.25, 0.3) is 0 Å². The van der Waals surface area contributed by atoms with Gasteiger partial charge >= 0.3 is 0 Å². The van der Waals surface area contributed by atoms with Gasteiger partial charge in [-0.05, 0) is 50.5 Å². The Balaban J connectivity index is 1.77. The van der Waals surface area contributed by atoms with Crippen LogP contribution >= 0.6 is 11.8 Å². The Morgan fingerprint density at radius 2 is 1.90 bits per heavy atom. The molecule has 2 saturated heterocycles. The molecule has 3 rings (SSSR count). The molecule has 2 aliphatic rings. The number of nitrogens with zero attached hydrogens (tertiary/aromatic N) is 1. The number of hydrogen-bond donors (Lipinski definition) is 1. The van der Waals surface area contributed by atoms with Crippen LogP contribution in [0.2, 0.25) is 0 Å². The molecule has 2 aliphatic heterocycles. The van der Waals surface area contributed by atoms with Gasteiger partial charge in [0.05, 0.1) is 6.04 Å². The van der Waals surface area contributed by atoms with Gasteiger partial charge in [0.2, 0.25) is 5.91 Å². The summed E-state index contributed by atoms with van der Waals surface area (Å²) in [6.07, 6.45) is 2.11. The van der Waals surface area contributed by atoms with Gasteiger partial charge in [-0.25, -0.2) is 0 Å². The molecule has 0 saturated carbocycles. The maximum Gasteiger partial charge on any atom is 0.244 e. The summed E-state index contributed by atoms with van der Waals surface area (Å²) in [4.78, 5) is 14.7. The van der Waals surface area contributed by atoms with Gasteiger partial charge in [0.1, 0.15) is 0 Å². The molecule has 0 aliphatic carbocycles. The first-order valence-corrected chi connectivity index (χ1v) is 8.95. The van der Waals surface area contributed by atoms with Gasteiger partial charge < -0.3 is 10.2 Å². The van der Waals surface area contributed by atoms with E-state index in [0.29, 0.717) is 6.04 Å². The van der Waals surface area contributed by atoms with Crippen molar-refractivity contribution in [1.29, 1.82) is 0 Å². The number of thioether (sulfide) groups is 1. The van der Waals surface area contributed by atoms with Crippen molar-refractivity contribution in [2.45, 2.75) is 45.7 Å². The quantitative estimate of drug-likeness (QED) is 0.932. The molecule has 2 atom stereocenters. The Bertz CT molecular complexity index is 529. The molecule has 0 spiro atoms. The average molecular weight is 304 g/mol. The van der Waals surface area contributed by atoms with E-state index in [1.165, 1.54) is 28.9 Å². The molecule has 0 aromatic heterocycles. The van der Waals surface area contributed by atoms with Gasteiger partial charge in [-0.2, -0.15) is 11.8 Å². The zero-order chi connectivity index (χ0) is 15.0. The lowest BCUT2D eigenvalue weighted by Crippen LogP contribution is -2.44. The van der Waals surface area contributed by atoms with Crippen LogP contribution in [0.1, 0.15) is 29.5 Å². The number of benzene rings is 1. The van der Waals surface area contributed by atoms with Crippen molar-refractivity contribution >= 4 is 23.4 Å². The molecule has 2 heterocycles. The summed E-state index contributed by atoms with van der Waals surface area (Å²) in [5, 5.41) is 3.57. The van der Waals surface area contributed by atoms with Crippen molar-refractivity contribution < 1.29 is 4.79 Å². The third-order valence-electron chi connectivity index (χ3n) is 4.48. The smallest absolute Gasteiger partial charge is 0.244 e. The van der Waals surface area contributed by atoms with Crippen LogP contribution in [-0.2, 0) is 4.79 Å². The van der Waals surface area contributed by atoms with E-state index in [-0.39, 0.29) is 11.9 Å². The van der Waals surface area contributed by atoms with Crippen molar-refractivity contribution in [3.63, 3.8) is 0 Å². The number of aryl methyl sites for hydroxylation is 3. The third-order valence-corrected chi connectivity index (χ3v) is 5.64. The van der Waals surface area contributed by atoms with E-state index in [2.05, 4.69) is 38.2 Å². The fraction of sp³-hybridized carbons (Fsp3) is 0.588. The molecule has 1 N–H and O–H groups in total. The molecule has 1 aromatic rings. The second-order valence-corrected chi connectivity index (χ2v) is 7.46. The van der Waals surface area contributed by atoms with Crippen LogP contribution in [0.3, 0.4) is 0 Å². The van der Waals surface area contributed by atoms with Crippen LogP contribution in [0, 0.1) is 20.8 Å². The highest BCUT2D eigenvalue weighted by Crippen LogP contribution is 2.30. The van der Waals surface area contributed by atoms with E-state index in [0.717, 1.165) is 24.4 Å². The number of anilines is 1. The van der Waals surface area contributed by atoms with Gasteiger partial charge in [0, 0.05) is 24.0 Å². The minimum Gasteiger partial charge on any atom is -0.310 e. The minimum absolute atomic E-state index is 0.00815. The maximum absolute atomic E-state index is 12.7. The van der Waals surface area contributed by atoms with Gasteiger partial charge in [0.25, 0.3) is 0 Å². The second-order valence-electron chi connectivity index (χ2n) is 6.31. The molecule has 0 radical (unpaired) electrons. The summed E-state index contributed by atoms with van der Waals surface area (Å²) < 4.78 is 0. The van der Waals surface area contributed by atoms with E-state index in [4.69, 9.17) is 0 Å². The minimum atomic E-state index is 0.00815. The molecule has 3 nitrogen and oxygen atoms in total. The van der Waals surface area contributed by atoms with E-state index in [1.54, 1.807) is 0 Å². The average Bonchev–Trinajstić information content (AvgIpc) is 3.02. The van der Waals surface area contributed by atoms with Crippen molar-refractivity contribution in [3.8, 4) is 0 Å². The molecular formula is C17H24N2OS. The fourth-order valence-corrected chi connectivity index (χ4v) is 4.77. The van der Waals surface area contributed by atoms with Crippen molar-refractivity contribution in [2.24, 2.45) is 0 Å². The van der Waals surface area contributed by atoms with Crippen LogP contribution in [-0.4, -0.2) is 36.0 Å². The number of rotatable bonds is 3. The van der Waals surface area contributed by atoms with Crippen molar-refractivity contribution in [2.75, 3.05) is 23.0 Å². The Labute approximate surface area is 131 Å². The predicted octanol–water partition coefficient (Wildman–Crippen LogP) is 2.81. The van der Waals surface area contributed by atoms with Gasteiger partial charge in [-0.3, -0.25) is 4.79 Å². The third kappa shape index (κ3) is 2.97. The Morgan fingerprint density at radius 1 is 1.19 bits per heavy atom. The summed E-state index contributed by atoms with van der Waals surface area (Å²) in [5.41, 5.74) is 4.80. The number of carbonyl (C=O) groups excluding carboxylic acids is 1. The van der Waals surface area contributed by atoms with E-state index in [1.807, 2.05) is 16.7 Å². The topological polar surface area (TPSA) is 32.3 Å². The molecule has 1 aromatic carbocycles. The zero-order valence-corrected chi connectivity index (χ0v) is 13.9. The first kappa shape index (κ1) is 14.9. The summed E-state index contributed by atoms with van der Waals surface area (Å²) in [7, 11) is 0. The lowest BCUT2D eigenvalue weighted by Gasteiger charge is -2.23. The monoisotopic (exact) mass is 304 g/mol. The lowest BCUT2D eigenvalue weighted by atomic mass is 10.0.